The number of benzene rings is 2. The Morgan fingerprint density at radius 1 is 1.00 bits per heavy atom. The summed E-state index contributed by atoms with van der Waals surface area (Å²) in [6.45, 7) is 4.68. The molecule has 2 aromatic carbocycles. The second-order valence-corrected chi connectivity index (χ2v) is 6.13. The lowest BCUT2D eigenvalue weighted by atomic mass is 10.1. The molecule has 0 atom stereocenters. The van der Waals surface area contributed by atoms with Crippen LogP contribution >= 0.6 is 0 Å². The maximum atomic E-state index is 5.38. The highest BCUT2D eigenvalue weighted by Gasteiger charge is 2.02. The van der Waals surface area contributed by atoms with Gasteiger partial charge in [-0.05, 0) is 49.1 Å². The topological polar surface area (TPSA) is 57.7 Å². The van der Waals surface area contributed by atoms with E-state index in [-0.39, 0.29) is 0 Å². The van der Waals surface area contributed by atoms with E-state index in [1.807, 2.05) is 18.2 Å². The largest absolute Gasteiger partial charge is 0.496 e. The van der Waals surface area contributed by atoms with Crippen molar-refractivity contribution >= 4 is 11.6 Å². The van der Waals surface area contributed by atoms with E-state index in [0.29, 0.717) is 0 Å². The molecule has 5 nitrogen and oxygen atoms in total. The molecule has 0 radical (unpaired) electrons. The fraction of sp³-hybridized carbons (Fsp3) is 0.381. The van der Waals surface area contributed by atoms with Gasteiger partial charge in [-0.25, -0.2) is 0 Å². The summed E-state index contributed by atoms with van der Waals surface area (Å²) in [6.07, 6.45) is 1.94. The third-order valence-corrected chi connectivity index (χ3v) is 4.15. The molecule has 140 valence electrons. The van der Waals surface area contributed by atoms with Crippen LogP contribution in [0, 0.1) is 6.92 Å². The van der Waals surface area contributed by atoms with E-state index in [1.54, 1.807) is 14.2 Å². The van der Waals surface area contributed by atoms with Crippen LogP contribution in [0.3, 0.4) is 0 Å². The number of para-hydroxylation sites is 1. The van der Waals surface area contributed by atoms with Crippen LogP contribution < -0.4 is 20.7 Å². The minimum Gasteiger partial charge on any atom is -0.496 e. The predicted octanol–water partition coefficient (Wildman–Crippen LogP) is 3.21. The van der Waals surface area contributed by atoms with Crippen molar-refractivity contribution in [3.05, 3.63) is 59.7 Å². The summed E-state index contributed by atoms with van der Waals surface area (Å²) < 4.78 is 5.38. The smallest absolute Gasteiger partial charge is 0.190 e. The normalized spacial score (nSPS) is 11.1. The summed E-state index contributed by atoms with van der Waals surface area (Å²) in [5.74, 6) is 1.78. The molecule has 0 aliphatic heterocycles. The Kier molecular flexibility index (Phi) is 8.33. The standard InChI is InChI=1S/C21H30N4O/c1-17-10-11-18(16-20(17)26-3)12-15-25-21(22-2)24-14-7-13-23-19-8-5-4-6-9-19/h4-6,8-11,16,23H,7,12-15H2,1-3H3,(H2,22,24,25). The number of aliphatic imine (C=N–C) groups is 1. The Bertz CT molecular complexity index is 686. The number of guanidine groups is 1. The average molecular weight is 354 g/mol. The maximum absolute atomic E-state index is 5.38. The average Bonchev–Trinajstić information content (AvgIpc) is 2.68. The van der Waals surface area contributed by atoms with Crippen LogP contribution in [0.4, 0.5) is 5.69 Å². The van der Waals surface area contributed by atoms with Crippen molar-refractivity contribution in [2.45, 2.75) is 19.8 Å². The molecule has 2 aromatic rings. The van der Waals surface area contributed by atoms with Gasteiger partial charge < -0.3 is 20.7 Å². The number of methoxy groups -OCH3 is 1. The third kappa shape index (κ3) is 6.67. The monoisotopic (exact) mass is 354 g/mol. The minimum absolute atomic E-state index is 0.828. The van der Waals surface area contributed by atoms with Gasteiger partial charge >= 0.3 is 0 Å². The van der Waals surface area contributed by atoms with E-state index in [0.717, 1.165) is 55.4 Å². The first kappa shape index (κ1) is 19.6. The molecule has 0 aliphatic carbocycles. The van der Waals surface area contributed by atoms with Gasteiger partial charge in [0.2, 0.25) is 0 Å². The molecular weight excluding hydrogens is 324 g/mol. The van der Waals surface area contributed by atoms with E-state index in [2.05, 4.69) is 58.2 Å². The van der Waals surface area contributed by atoms with E-state index >= 15 is 0 Å². The van der Waals surface area contributed by atoms with Crippen molar-refractivity contribution in [1.82, 2.24) is 10.6 Å². The minimum atomic E-state index is 0.828. The fourth-order valence-corrected chi connectivity index (χ4v) is 2.65. The summed E-state index contributed by atoms with van der Waals surface area (Å²) in [4.78, 5) is 4.27. The lowest BCUT2D eigenvalue weighted by molar-refractivity contribution is 0.411. The number of hydrogen-bond donors (Lipinski definition) is 3. The second-order valence-electron chi connectivity index (χ2n) is 6.13. The van der Waals surface area contributed by atoms with Crippen molar-refractivity contribution in [1.29, 1.82) is 0 Å². The Balaban J connectivity index is 1.63. The van der Waals surface area contributed by atoms with Crippen LogP contribution in [0.25, 0.3) is 0 Å². The van der Waals surface area contributed by atoms with Crippen LogP contribution in [-0.4, -0.2) is 39.8 Å². The molecule has 0 saturated heterocycles. The number of hydrogen-bond acceptors (Lipinski definition) is 3. The van der Waals surface area contributed by atoms with Gasteiger partial charge in [-0.1, -0.05) is 30.3 Å². The highest BCUT2D eigenvalue weighted by atomic mass is 16.5. The Labute approximate surface area is 156 Å². The molecule has 0 bridgehead atoms. The third-order valence-electron chi connectivity index (χ3n) is 4.15. The first-order valence-electron chi connectivity index (χ1n) is 9.10. The fourth-order valence-electron chi connectivity index (χ4n) is 2.65. The van der Waals surface area contributed by atoms with Gasteiger partial charge in [0.1, 0.15) is 5.75 Å². The van der Waals surface area contributed by atoms with Gasteiger partial charge in [-0.15, -0.1) is 0 Å². The zero-order chi connectivity index (χ0) is 18.6. The Hall–Kier alpha value is -2.69. The lowest BCUT2D eigenvalue weighted by Gasteiger charge is -2.13. The Morgan fingerprint density at radius 2 is 1.77 bits per heavy atom. The van der Waals surface area contributed by atoms with Crippen molar-refractivity contribution in [2.75, 3.05) is 39.1 Å². The van der Waals surface area contributed by atoms with Gasteiger partial charge in [0, 0.05) is 32.4 Å². The SMILES string of the molecule is CN=C(NCCCNc1ccccc1)NCCc1ccc(C)c(OC)c1. The molecule has 0 aliphatic rings. The van der Waals surface area contributed by atoms with E-state index < -0.39 is 0 Å². The summed E-state index contributed by atoms with van der Waals surface area (Å²) in [6, 6.07) is 16.6. The van der Waals surface area contributed by atoms with Crippen LogP contribution in [-0.2, 0) is 6.42 Å². The van der Waals surface area contributed by atoms with Gasteiger partial charge in [0.15, 0.2) is 5.96 Å². The summed E-state index contributed by atoms with van der Waals surface area (Å²) in [5.41, 5.74) is 3.57. The van der Waals surface area contributed by atoms with Crippen molar-refractivity contribution in [3.63, 3.8) is 0 Å². The van der Waals surface area contributed by atoms with Crippen molar-refractivity contribution in [3.8, 4) is 5.75 Å². The van der Waals surface area contributed by atoms with Crippen LogP contribution in [0.5, 0.6) is 5.75 Å². The summed E-state index contributed by atoms with van der Waals surface area (Å²) in [7, 11) is 3.51. The first-order chi connectivity index (χ1) is 12.7. The molecule has 2 rings (SSSR count). The number of rotatable bonds is 9. The zero-order valence-electron chi connectivity index (χ0n) is 16.0. The van der Waals surface area contributed by atoms with Gasteiger partial charge in [-0.3, -0.25) is 4.99 Å². The van der Waals surface area contributed by atoms with Crippen LogP contribution in [0.15, 0.2) is 53.5 Å². The second kappa shape index (κ2) is 11.0. The molecule has 0 saturated carbocycles. The highest BCUT2D eigenvalue weighted by molar-refractivity contribution is 5.79. The van der Waals surface area contributed by atoms with Gasteiger partial charge in [0.05, 0.1) is 7.11 Å². The number of anilines is 1. The molecule has 0 spiro atoms. The molecule has 0 heterocycles. The highest BCUT2D eigenvalue weighted by Crippen LogP contribution is 2.18. The molecule has 0 fully saturated rings. The van der Waals surface area contributed by atoms with E-state index in [4.69, 9.17) is 4.74 Å². The maximum Gasteiger partial charge on any atom is 0.190 e. The van der Waals surface area contributed by atoms with Gasteiger partial charge in [0.25, 0.3) is 0 Å². The first-order valence-corrected chi connectivity index (χ1v) is 9.10. The summed E-state index contributed by atoms with van der Waals surface area (Å²) >= 11 is 0. The summed E-state index contributed by atoms with van der Waals surface area (Å²) in [5, 5.41) is 10.1. The Morgan fingerprint density at radius 3 is 2.50 bits per heavy atom. The molecule has 26 heavy (non-hydrogen) atoms. The van der Waals surface area contributed by atoms with Crippen molar-refractivity contribution in [2.24, 2.45) is 4.99 Å². The number of ether oxygens (including phenoxy) is 1. The van der Waals surface area contributed by atoms with E-state index in [1.165, 1.54) is 5.56 Å². The number of nitrogens with one attached hydrogen (secondary N) is 3. The molecule has 5 heteroatoms. The lowest BCUT2D eigenvalue weighted by Crippen LogP contribution is -2.39. The number of aryl methyl sites for hydroxylation is 1. The number of nitrogens with zero attached hydrogens (tertiary/aromatic N) is 1. The molecule has 3 N–H and O–H groups in total. The van der Waals surface area contributed by atoms with Crippen molar-refractivity contribution < 1.29 is 4.74 Å². The quantitative estimate of drug-likeness (QED) is 0.368. The molecule has 0 unspecified atom stereocenters. The predicted molar refractivity (Wildman–Crippen MR) is 110 cm³/mol. The zero-order valence-corrected chi connectivity index (χ0v) is 16.0. The molecule has 0 aromatic heterocycles. The van der Waals surface area contributed by atoms with E-state index in [9.17, 15) is 0 Å². The van der Waals surface area contributed by atoms with Crippen LogP contribution in [0.2, 0.25) is 0 Å². The molecular formula is C21H30N4O. The molecule has 0 amide bonds. The van der Waals surface area contributed by atoms with Gasteiger partial charge in [-0.2, -0.15) is 0 Å². The van der Waals surface area contributed by atoms with Crippen LogP contribution in [0.1, 0.15) is 17.5 Å².